The molecule has 1 aromatic carbocycles. The molecule has 3 aromatic rings. The first kappa shape index (κ1) is 20.2. The largest absolute Gasteiger partial charge is 0.325 e. The fourth-order valence-corrected chi connectivity index (χ4v) is 6.86. The molecule has 10 heteroatoms. The number of nitrogens with zero attached hydrogens (tertiary/aromatic N) is 4. The maximum atomic E-state index is 12.6. The van der Waals surface area contributed by atoms with E-state index in [2.05, 4.69) is 42.8 Å². The van der Waals surface area contributed by atoms with E-state index in [0.717, 1.165) is 29.6 Å². The van der Waals surface area contributed by atoms with Crippen LogP contribution in [0.25, 0.3) is 5.00 Å². The number of hydrazine groups is 1. The number of carbonyl (C=O) groups is 1. The van der Waals surface area contributed by atoms with Gasteiger partial charge < -0.3 is 5.32 Å². The van der Waals surface area contributed by atoms with Gasteiger partial charge in [-0.15, -0.1) is 21.5 Å². The van der Waals surface area contributed by atoms with Crippen LogP contribution in [0.4, 0.5) is 11.6 Å². The van der Waals surface area contributed by atoms with Gasteiger partial charge in [-0.2, -0.15) is 0 Å². The van der Waals surface area contributed by atoms with E-state index >= 15 is 0 Å². The van der Waals surface area contributed by atoms with Crippen molar-refractivity contribution in [2.75, 3.05) is 22.7 Å². The second-order valence-electron chi connectivity index (χ2n) is 8.70. The van der Waals surface area contributed by atoms with Gasteiger partial charge in [0.25, 0.3) is 0 Å². The SMILES string of the molecule is Cc1ccc(NC(=O)CSc2nnc3n2-c2sc4c(c2C2NCNN32)C[C@@H](C)CC4)cc1. The Labute approximate surface area is 194 Å². The van der Waals surface area contributed by atoms with Crippen molar-refractivity contribution in [3.05, 3.63) is 45.8 Å². The van der Waals surface area contributed by atoms with E-state index in [-0.39, 0.29) is 17.8 Å². The van der Waals surface area contributed by atoms with Gasteiger partial charge in [0.1, 0.15) is 11.2 Å². The van der Waals surface area contributed by atoms with Gasteiger partial charge in [-0.25, -0.2) is 9.99 Å². The number of carbonyl (C=O) groups excluding carboxylic acids is 1. The molecule has 1 saturated heterocycles. The summed E-state index contributed by atoms with van der Waals surface area (Å²) in [4.78, 5) is 14.0. The third kappa shape index (κ3) is 3.33. The summed E-state index contributed by atoms with van der Waals surface area (Å²) in [5.74, 6) is 1.70. The van der Waals surface area contributed by atoms with Gasteiger partial charge in [0.2, 0.25) is 11.9 Å². The predicted octanol–water partition coefficient (Wildman–Crippen LogP) is 3.38. The van der Waals surface area contributed by atoms with Crippen LogP contribution in [0.1, 0.15) is 41.1 Å². The summed E-state index contributed by atoms with van der Waals surface area (Å²) in [6.45, 7) is 5.06. The molecule has 3 N–H and O–H groups in total. The molecule has 32 heavy (non-hydrogen) atoms. The van der Waals surface area contributed by atoms with Crippen LogP contribution in [0.5, 0.6) is 0 Å². The Morgan fingerprint density at radius 3 is 3.00 bits per heavy atom. The fraction of sp³-hybridized carbons (Fsp3) is 0.409. The molecule has 0 radical (unpaired) electrons. The highest BCUT2D eigenvalue weighted by Gasteiger charge is 2.42. The minimum atomic E-state index is -0.0506. The van der Waals surface area contributed by atoms with Crippen LogP contribution in [0.2, 0.25) is 0 Å². The Bertz CT molecular complexity index is 1190. The van der Waals surface area contributed by atoms with Crippen LogP contribution in [0.3, 0.4) is 0 Å². The lowest BCUT2D eigenvalue weighted by Crippen LogP contribution is -2.39. The van der Waals surface area contributed by atoms with Crippen LogP contribution in [0.15, 0.2) is 29.4 Å². The number of anilines is 2. The van der Waals surface area contributed by atoms with E-state index in [1.165, 1.54) is 44.8 Å². The number of thioether (sulfide) groups is 1. The van der Waals surface area contributed by atoms with E-state index < -0.39 is 0 Å². The van der Waals surface area contributed by atoms with Crippen LogP contribution in [-0.2, 0) is 17.6 Å². The minimum Gasteiger partial charge on any atom is -0.325 e. The molecular weight excluding hydrogens is 442 g/mol. The average Bonchev–Trinajstić information content (AvgIpc) is 3.49. The zero-order chi connectivity index (χ0) is 21.8. The van der Waals surface area contributed by atoms with E-state index in [1.807, 2.05) is 42.5 Å². The molecule has 0 spiro atoms. The maximum Gasteiger partial charge on any atom is 0.249 e. The first-order chi connectivity index (χ1) is 15.6. The number of fused-ring (bicyclic) bond motifs is 8. The first-order valence-electron chi connectivity index (χ1n) is 10.9. The average molecular weight is 468 g/mol. The molecule has 0 bridgehead atoms. The Kier molecular flexibility index (Phi) is 4.98. The number of hydrogen-bond acceptors (Lipinski definition) is 8. The number of hydrogen-bond donors (Lipinski definition) is 3. The zero-order valence-electron chi connectivity index (χ0n) is 18.0. The normalized spacial score (nSPS) is 21.0. The second-order valence-corrected chi connectivity index (χ2v) is 10.7. The van der Waals surface area contributed by atoms with Crippen molar-refractivity contribution in [2.45, 2.75) is 44.4 Å². The monoisotopic (exact) mass is 467 g/mol. The summed E-state index contributed by atoms with van der Waals surface area (Å²) in [6, 6.07) is 7.83. The quantitative estimate of drug-likeness (QED) is 0.507. The van der Waals surface area contributed by atoms with Gasteiger partial charge in [0.05, 0.1) is 12.4 Å². The molecule has 1 aliphatic carbocycles. The van der Waals surface area contributed by atoms with Gasteiger partial charge in [0, 0.05) is 16.1 Å². The van der Waals surface area contributed by atoms with Gasteiger partial charge in [-0.3, -0.25) is 15.1 Å². The molecule has 2 aliphatic heterocycles. The summed E-state index contributed by atoms with van der Waals surface area (Å²) < 4.78 is 2.13. The van der Waals surface area contributed by atoms with Crippen LogP contribution >= 0.6 is 23.1 Å². The molecule has 3 aliphatic rings. The van der Waals surface area contributed by atoms with Crippen molar-refractivity contribution in [1.29, 1.82) is 0 Å². The Hall–Kier alpha value is -2.40. The summed E-state index contributed by atoms with van der Waals surface area (Å²) >= 11 is 3.29. The highest BCUT2D eigenvalue weighted by molar-refractivity contribution is 7.99. The number of aryl methyl sites for hydroxylation is 2. The third-order valence-corrected chi connectivity index (χ3v) is 8.53. The smallest absolute Gasteiger partial charge is 0.249 e. The van der Waals surface area contributed by atoms with E-state index in [9.17, 15) is 4.79 Å². The van der Waals surface area contributed by atoms with E-state index in [0.29, 0.717) is 12.6 Å². The van der Waals surface area contributed by atoms with E-state index in [1.54, 1.807) is 0 Å². The third-order valence-electron chi connectivity index (χ3n) is 6.31. The molecule has 2 atom stereocenters. The lowest BCUT2D eigenvalue weighted by atomic mass is 9.87. The van der Waals surface area contributed by atoms with Crippen LogP contribution in [-0.4, -0.2) is 33.1 Å². The number of amides is 1. The van der Waals surface area contributed by atoms with Gasteiger partial charge >= 0.3 is 0 Å². The standard InChI is InChI=1S/C22H25N7OS2/c1-12-3-6-14(7-4-12)25-17(30)10-31-22-27-26-21-28(22)20-18(19-23-11-24-29(19)21)15-9-13(2)5-8-16(15)32-20/h3-4,6-7,13,19,23-24H,5,8-11H2,1-2H3,(H,25,30)/t13-,19?/m0/s1. The second kappa shape index (κ2) is 7.87. The highest BCUT2D eigenvalue weighted by Crippen LogP contribution is 2.48. The molecular formula is C22H25N7OS2. The van der Waals surface area contributed by atoms with Gasteiger partial charge in [-0.1, -0.05) is 36.4 Å². The topological polar surface area (TPSA) is 87.1 Å². The Morgan fingerprint density at radius 2 is 2.16 bits per heavy atom. The molecule has 1 amide bonds. The number of aromatic nitrogens is 3. The molecule has 6 rings (SSSR count). The van der Waals surface area contributed by atoms with Gasteiger partial charge in [-0.05, 0) is 49.8 Å². The predicted molar refractivity (Wildman–Crippen MR) is 127 cm³/mol. The summed E-state index contributed by atoms with van der Waals surface area (Å²) in [6.07, 6.45) is 3.57. The van der Waals surface area contributed by atoms with Crippen molar-refractivity contribution in [3.63, 3.8) is 0 Å². The lowest BCUT2D eigenvalue weighted by molar-refractivity contribution is -0.113. The number of thiophene rings is 1. The molecule has 1 unspecified atom stereocenters. The molecule has 166 valence electrons. The molecule has 1 fully saturated rings. The molecule has 8 nitrogen and oxygen atoms in total. The van der Waals surface area contributed by atoms with Crippen LogP contribution < -0.4 is 21.1 Å². The molecule has 4 heterocycles. The van der Waals surface area contributed by atoms with Crippen molar-refractivity contribution >= 4 is 40.6 Å². The first-order valence-corrected chi connectivity index (χ1v) is 12.7. The number of rotatable bonds is 4. The summed E-state index contributed by atoms with van der Waals surface area (Å²) in [5.41, 5.74) is 8.20. The highest BCUT2D eigenvalue weighted by atomic mass is 32.2. The molecule has 2 aromatic heterocycles. The number of benzene rings is 1. The lowest BCUT2D eigenvalue weighted by Gasteiger charge is -2.31. The van der Waals surface area contributed by atoms with Gasteiger partial charge in [0.15, 0.2) is 5.16 Å². The van der Waals surface area contributed by atoms with Crippen molar-refractivity contribution < 1.29 is 4.79 Å². The van der Waals surface area contributed by atoms with Crippen molar-refractivity contribution in [1.82, 2.24) is 25.5 Å². The number of nitrogens with one attached hydrogen (secondary N) is 3. The maximum absolute atomic E-state index is 12.6. The Balaban J connectivity index is 1.29. The fourth-order valence-electron chi connectivity index (χ4n) is 4.70. The van der Waals surface area contributed by atoms with E-state index in [4.69, 9.17) is 0 Å². The minimum absolute atomic E-state index is 0.0506. The van der Waals surface area contributed by atoms with Crippen molar-refractivity contribution in [3.8, 4) is 5.00 Å². The zero-order valence-corrected chi connectivity index (χ0v) is 19.6. The summed E-state index contributed by atoms with van der Waals surface area (Å²) in [7, 11) is 0. The van der Waals surface area contributed by atoms with Crippen molar-refractivity contribution in [2.24, 2.45) is 5.92 Å². The molecule has 0 saturated carbocycles. The Morgan fingerprint density at radius 1 is 1.31 bits per heavy atom. The summed E-state index contributed by atoms with van der Waals surface area (Å²) in [5, 5.41) is 19.5. The van der Waals surface area contributed by atoms with Crippen LogP contribution in [0, 0.1) is 12.8 Å².